The lowest BCUT2D eigenvalue weighted by Gasteiger charge is -2.36. The summed E-state index contributed by atoms with van der Waals surface area (Å²) in [5.74, 6) is 0.644. The minimum atomic E-state index is -3.49. The van der Waals surface area contributed by atoms with Gasteiger partial charge in [-0.1, -0.05) is 0 Å². The van der Waals surface area contributed by atoms with E-state index >= 15 is 0 Å². The average Bonchev–Trinajstić information content (AvgIpc) is 3.06. The molecule has 2 saturated heterocycles. The maximum Gasteiger partial charge on any atom is 0.276 e. The zero-order valence-corrected chi connectivity index (χ0v) is 12.5. The van der Waals surface area contributed by atoms with E-state index in [4.69, 9.17) is 4.42 Å². The first-order chi connectivity index (χ1) is 9.61. The van der Waals surface area contributed by atoms with Gasteiger partial charge in [0.15, 0.2) is 0 Å². The number of rotatable bonds is 4. The minimum absolute atomic E-state index is 0.0641. The van der Waals surface area contributed by atoms with Crippen molar-refractivity contribution >= 4 is 10.0 Å². The van der Waals surface area contributed by atoms with E-state index in [9.17, 15) is 8.42 Å². The van der Waals surface area contributed by atoms with Crippen LogP contribution in [0, 0.1) is 0 Å². The van der Waals surface area contributed by atoms with E-state index in [1.54, 1.807) is 23.5 Å². The van der Waals surface area contributed by atoms with Crippen molar-refractivity contribution in [2.45, 2.75) is 30.5 Å². The Hall–Kier alpha value is -0.890. The molecule has 1 aromatic heterocycles. The van der Waals surface area contributed by atoms with Gasteiger partial charge >= 0.3 is 0 Å². The summed E-state index contributed by atoms with van der Waals surface area (Å²) in [5, 5.41) is 3.01. The van der Waals surface area contributed by atoms with Crippen LogP contribution in [0.5, 0.6) is 0 Å². The minimum Gasteiger partial charge on any atom is -0.447 e. The first-order valence-corrected chi connectivity index (χ1v) is 8.53. The normalized spacial score (nSPS) is 24.9. The van der Waals surface area contributed by atoms with Crippen LogP contribution in [0.25, 0.3) is 0 Å². The predicted octanol–water partition coefficient (Wildman–Crippen LogP) is 0.468. The van der Waals surface area contributed by atoms with Crippen LogP contribution in [-0.4, -0.2) is 56.9 Å². The number of sulfonamides is 1. The van der Waals surface area contributed by atoms with Gasteiger partial charge in [-0.05, 0) is 38.6 Å². The van der Waals surface area contributed by atoms with Crippen molar-refractivity contribution in [3.05, 3.63) is 17.9 Å². The third-order valence-corrected chi connectivity index (χ3v) is 5.87. The van der Waals surface area contributed by atoms with E-state index < -0.39 is 10.0 Å². The second-order valence-corrected chi connectivity index (χ2v) is 7.32. The fraction of sp³-hybridized carbons (Fsp3) is 0.692. The second-order valence-electron chi connectivity index (χ2n) is 5.45. The highest BCUT2D eigenvalue weighted by Gasteiger charge is 2.37. The topological polar surface area (TPSA) is 65.8 Å². The number of nitrogens with zero attached hydrogens (tertiary/aromatic N) is 2. The highest BCUT2D eigenvalue weighted by Crippen LogP contribution is 2.26. The van der Waals surface area contributed by atoms with Gasteiger partial charge in [-0.2, -0.15) is 4.31 Å². The molecule has 3 rings (SSSR count). The maximum absolute atomic E-state index is 12.6. The highest BCUT2D eigenvalue weighted by atomic mass is 32.2. The molecule has 1 unspecified atom stereocenters. The lowest BCUT2D eigenvalue weighted by Crippen LogP contribution is -2.51. The molecule has 1 N–H and O–H groups in total. The summed E-state index contributed by atoms with van der Waals surface area (Å²) in [6.07, 6.45) is 2.26. The third kappa shape index (κ3) is 2.50. The van der Waals surface area contributed by atoms with Crippen LogP contribution in [0.2, 0.25) is 0 Å². The van der Waals surface area contributed by atoms with E-state index in [2.05, 4.69) is 10.2 Å². The number of nitrogens with one attached hydrogen (secondary N) is 1. The summed E-state index contributed by atoms with van der Waals surface area (Å²) in [6, 6.07) is 3.66. The molecule has 20 heavy (non-hydrogen) atoms. The van der Waals surface area contributed by atoms with E-state index in [-0.39, 0.29) is 5.09 Å². The van der Waals surface area contributed by atoms with Gasteiger partial charge in [0.25, 0.3) is 10.0 Å². The number of furan rings is 1. The van der Waals surface area contributed by atoms with Crippen molar-refractivity contribution in [1.82, 2.24) is 14.5 Å². The van der Waals surface area contributed by atoms with Gasteiger partial charge in [0.2, 0.25) is 5.09 Å². The van der Waals surface area contributed by atoms with Crippen molar-refractivity contribution in [3.8, 4) is 0 Å². The first-order valence-electron chi connectivity index (χ1n) is 7.09. The maximum atomic E-state index is 12.6. The largest absolute Gasteiger partial charge is 0.447 e. The molecule has 112 valence electrons. The Morgan fingerprint density at radius 2 is 2.20 bits per heavy atom. The molecular formula is C13H21N3O3S. The molecule has 6 nitrogen and oxygen atoms in total. The average molecular weight is 299 g/mol. The molecule has 3 heterocycles. The molecule has 0 bridgehead atoms. The quantitative estimate of drug-likeness (QED) is 0.875. The summed E-state index contributed by atoms with van der Waals surface area (Å²) in [5.41, 5.74) is 0. The van der Waals surface area contributed by atoms with E-state index in [0.29, 0.717) is 31.4 Å². The first kappa shape index (κ1) is 14.1. The zero-order valence-electron chi connectivity index (χ0n) is 11.7. The molecule has 1 atom stereocenters. The Balaban J connectivity index is 1.77. The number of piperazine rings is 1. The van der Waals surface area contributed by atoms with E-state index in [1.165, 1.54) is 6.42 Å². The van der Waals surface area contributed by atoms with Crippen molar-refractivity contribution in [3.63, 3.8) is 0 Å². The molecule has 0 aliphatic carbocycles. The summed E-state index contributed by atoms with van der Waals surface area (Å²) in [4.78, 5) is 2.39. The molecule has 0 spiro atoms. The zero-order chi connectivity index (χ0) is 14.2. The van der Waals surface area contributed by atoms with Gasteiger partial charge in [0.1, 0.15) is 5.76 Å². The van der Waals surface area contributed by atoms with E-state index in [1.807, 2.05) is 0 Å². The Labute approximate surface area is 119 Å². The van der Waals surface area contributed by atoms with Crippen molar-refractivity contribution in [2.75, 3.05) is 33.2 Å². The highest BCUT2D eigenvalue weighted by molar-refractivity contribution is 7.89. The smallest absolute Gasteiger partial charge is 0.276 e. The lowest BCUT2D eigenvalue weighted by atomic mass is 10.2. The summed E-state index contributed by atoms with van der Waals surface area (Å²) >= 11 is 0. The summed E-state index contributed by atoms with van der Waals surface area (Å²) in [6.45, 7) is 3.61. The molecule has 2 aliphatic rings. The Kier molecular flexibility index (Phi) is 3.85. The third-order valence-electron chi connectivity index (χ3n) is 4.13. The number of hydrogen-bond acceptors (Lipinski definition) is 5. The summed E-state index contributed by atoms with van der Waals surface area (Å²) < 4.78 is 32.2. The molecule has 0 saturated carbocycles. The molecule has 0 radical (unpaired) electrons. The molecule has 7 heteroatoms. The second kappa shape index (κ2) is 5.48. The van der Waals surface area contributed by atoms with Crippen molar-refractivity contribution < 1.29 is 12.8 Å². The van der Waals surface area contributed by atoms with Crippen LogP contribution in [0.3, 0.4) is 0 Å². The summed E-state index contributed by atoms with van der Waals surface area (Å²) in [7, 11) is -1.68. The fourth-order valence-electron chi connectivity index (χ4n) is 3.07. The molecule has 2 fully saturated rings. The van der Waals surface area contributed by atoms with Crippen LogP contribution in [0.4, 0.5) is 0 Å². The monoisotopic (exact) mass is 299 g/mol. The van der Waals surface area contributed by atoms with Crippen LogP contribution in [-0.2, 0) is 16.6 Å². The van der Waals surface area contributed by atoms with Crippen LogP contribution in [0.1, 0.15) is 18.6 Å². The standard InChI is InChI=1S/C13H21N3O3S/c1-14-9-12-4-5-13(19-12)20(17,18)16-8-7-15-6-2-3-11(15)10-16/h4-5,11,14H,2-3,6-10H2,1H3. The lowest BCUT2D eigenvalue weighted by molar-refractivity contribution is 0.156. The Morgan fingerprint density at radius 3 is 3.00 bits per heavy atom. The van der Waals surface area contributed by atoms with Gasteiger partial charge < -0.3 is 9.73 Å². The Bertz CT molecular complexity index is 569. The van der Waals surface area contributed by atoms with Crippen LogP contribution >= 0.6 is 0 Å². The van der Waals surface area contributed by atoms with E-state index in [0.717, 1.165) is 19.5 Å². The molecule has 0 aromatic carbocycles. The van der Waals surface area contributed by atoms with Crippen LogP contribution < -0.4 is 5.32 Å². The number of fused-ring (bicyclic) bond motifs is 1. The van der Waals surface area contributed by atoms with Gasteiger partial charge in [-0.15, -0.1) is 0 Å². The van der Waals surface area contributed by atoms with Crippen molar-refractivity contribution in [2.24, 2.45) is 0 Å². The van der Waals surface area contributed by atoms with Gasteiger partial charge in [0.05, 0.1) is 6.54 Å². The Morgan fingerprint density at radius 1 is 1.35 bits per heavy atom. The van der Waals surface area contributed by atoms with Crippen LogP contribution in [0.15, 0.2) is 21.6 Å². The fourth-order valence-corrected chi connectivity index (χ4v) is 4.47. The SMILES string of the molecule is CNCc1ccc(S(=O)(=O)N2CCN3CCCC3C2)o1. The molecule has 2 aliphatic heterocycles. The van der Waals surface area contributed by atoms with Gasteiger partial charge in [-0.3, -0.25) is 4.90 Å². The molecule has 0 amide bonds. The molecule has 1 aromatic rings. The van der Waals surface area contributed by atoms with Crippen molar-refractivity contribution in [1.29, 1.82) is 0 Å². The predicted molar refractivity (Wildman–Crippen MR) is 74.8 cm³/mol. The number of hydrogen-bond donors (Lipinski definition) is 1. The van der Waals surface area contributed by atoms with Gasteiger partial charge in [0, 0.05) is 25.7 Å². The molecular weight excluding hydrogens is 278 g/mol. The van der Waals surface area contributed by atoms with Gasteiger partial charge in [-0.25, -0.2) is 8.42 Å².